The van der Waals surface area contributed by atoms with Crippen LogP contribution >= 0.6 is 11.8 Å². The second kappa shape index (κ2) is 6.95. The second-order valence-electron chi connectivity index (χ2n) is 4.50. The van der Waals surface area contributed by atoms with Gasteiger partial charge in [0.25, 0.3) is 0 Å². The van der Waals surface area contributed by atoms with Crippen LogP contribution in [0.5, 0.6) is 0 Å². The van der Waals surface area contributed by atoms with Gasteiger partial charge in [0.1, 0.15) is 5.82 Å². The molecule has 100 valence electrons. The molecular weight excluding hydrogens is 244 g/mol. The van der Waals surface area contributed by atoms with Crippen LogP contribution in [0.4, 0.5) is 5.82 Å². The number of aromatic nitrogens is 2. The summed E-state index contributed by atoms with van der Waals surface area (Å²) in [5.74, 6) is 2.22. The van der Waals surface area contributed by atoms with Crippen molar-refractivity contribution in [3.05, 3.63) is 18.1 Å². The molecule has 0 aromatic carbocycles. The number of thioether (sulfide) groups is 1. The lowest BCUT2D eigenvalue weighted by Gasteiger charge is -2.32. The van der Waals surface area contributed by atoms with Crippen LogP contribution in [0.3, 0.4) is 0 Å². The van der Waals surface area contributed by atoms with E-state index in [0.29, 0.717) is 0 Å². The quantitative estimate of drug-likeness (QED) is 0.882. The van der Waals surface area contributed by atoms with Gasteiger partial charge in [-0.1, -0.05) is 13.8 Å². The first-order chi connectivity index (χ1) is 8.83. The fourth-order valence-electron chi connectivity index (χ4n) is 2.06. The molecule has 0 aliphatic carbocycles. The van der Waals surface area contributed by atoms with E-state index in [1.807, 2.05) is 12.4 Å². The average Bonchev–Trinajstić information content (AvgIpc) is 2.45. The number of hydrogen-bond donors (Lipinski definition) is 1. The summed E-state index contributed by atoms with van der Waals surface area (Å²) in [6.07, 6.45) is 4.96. The van der Waals surface area contributed by atoms with Crippen LogP contribution in [-0.2, 0) is 6.54 Å². The van der Waals surface area contributed by atoms with Crippen molar-refractivity contribution in [1.82, 2.24) is 15.3 Å². The summed E-state index contributed by atoms with van der Waals surface area (Å²) in [6, 6.07) is 0. The highest BCUT2D eigenvalue weighted by Crippen LogP contribution is 2.24. The SMILES string of the molecule is CCNCc1cncc(N2CCSC(CC)C2)n1. The molecule has 1 aliphatic heterocycles. The van der Waals surface area contributed by atoms with E-state index < -0.39 is 0 Å². The summed E-state index contributed by atoms with van der Waals surface area (Å²) in [4.78, 5) is 11.4. The first-order valence-electron chi connectivity index (χ1n) is 6.71. The van der Waals surface area contributed by atoms with Crippen molar-refractivity contribution in [2.24, 2.45) is 0 Å². The lowest BCUT2D eigenvalue weighted by Crippen LogP contribution is -2.38. The van der Waals surface area contributed by atoms with Crippen molar-refractivity contribution in [1.29, 1.82) is 0 Å². The average molecular weight is 266 g/mol. The van der Waals surface area contributed by atoms with E-state index in [1.54, 1.807) is 0 Å². The third-order valence-corrected chi connectivity index (χ3v) is 4.52. The monoisotopic (exact) mass is 266 g/mol. The summed E-state index contributed by atoms with van der Waals surface area (Å²) >= 11 is 2.08. The number of rotatable bonds is 5. The molecule has 1 aliphatic rings. The van der Waals surface area contributed by atoms with Gasteiger partial charge in [-0.25, -0.2) is 4.98 Å². The molecule has 1 aromatic rings. The lowest BCUT2D eigenvalue weighted by atomic mass is 10.3. The fourth-order valence-corrected chi connectivity index (χ4v) is 3.24. The first-order valence-corrected chi connectivity index (χ1v) is 7.76. The molecule has 0 saturated carbocycles. The molecule has 2 rings (SSSR count). The highest BCUT2D eigenvalue weighted by molar-refractivity contribution is 8.00. The van der Waals surface area contributed by atoms with Gasteiger partial charge < -0.3 is 10.2 Å². The maximum absolute atomic E-state index is 4.69. The molecule has 0 bridgehead atoms. The Morgan fingerprint density at radius 2 is 2.33 bits per heavy atom. The maximum Gasteiger partial charge on any atom is 0.147 e. The van der Waals surface area contributed by atoms with Gasteiger partial charge in [0.15, 0.2) is 0 Å². The largest absolute Gasteiger partial charge is 0.353 e. The fraction of sp³-hybridized carbons (Fsp3) is 0.692. The van der Waals surface area contributed by atoms with Crippen LogP contribution in [0.2, 0.25) is 0 Å². The van der Waals surface area contributed by atoms with Crippen LogP contribution in [-0.4, -0.2) is 40.6 Å². The Morgan fingerprint density at radius 3 is 3.11 bits per heavy atom. The Balaban J connectivity index is 2.02. The Bertz CT molecular complexity index is 372. The Hall–Kier alpha value is -0.810. The molecular formula is C13H22N4S. The molecule has 0 radical (unpaired) electrons. The topological polar surface area (TPSA) is 41.1 Å². The van der Waals surface area contributed by atoms with Crippen LogP contribution in [0.1, 0.15) is 26.0 Å². The van der Waals surface area contributed by atoms with Gasteiger partial charge in [-0.15, -0.1) is 0 Å². The van der Waals surface area contributed by atoms with E-state index in [1.165, 1.54) is 12.2 Å². The molecule has 18 heavy (non-hydrogen) atoms. The highest BCUT2D eigenvalue weighted by atomic mass is 32.2. The molecule has 2 heterocycles. The van der Waals surface area contributed by atoms with Gasteiger partial charge in [-0.05, 0) is 13.0 Å². The molecule has 1 unspecified atom stereocenters. The minimum atomic E-state index is 0.734. The highest BCUT2D eigenvalue weighted by Gasteiger charge is 2.20. The molecule has 4 nitrogen and oxygen atoms in total. The van der Waals surface area contributed by atoms with Crippen molar-refractivity contribution in [2.45, 2.75) is 32.1 Å². The Labute approximate surface area is 114 Å². The molecule has 5 heteroatoms. The van der Waals surface area contributed by atoms with E-state index in [0.717, 1.165) is 42.9 Å². The zero-order valence-electron chi connectivity index (χ0n) is 11.2. The number of nitrogens with one attached hydrogen (secondary N) is 1. The van der Waals surface area contributed by atoms with Crippen molar-refractivity contribution in [2.75, 3.05) is 30.3 Å². The molecule has 1 fully saturated rings. The van der Waals surface area contributed by atoms with Crippen molar-refractivity contribution < 1.29 is 0 Å². The lowest BCUT2D eigenvalue weighted by molar-refractivity contribution is 0.690. The predicted molar refractivity (Wildman–Crippen MR) is 78.2 cm³/mol. The third kappa shape index (κ3) is 3.59. The van der Waals surface area contributed by atoms with Gasteiger partial charge in [0.05, 0.1) is 11.9 Å². The zero-order valence-corrected chi connectivity index (χ0v) is 12.0. The number of nitrogens with zero attached hydrogens (tertiary/aromatic N) is 3. The summed E-state index contributed by atoms with van der Waals surface area (Å²) < 4.78 is 0. The summed E-state index contributed by atoms with van der Waals surface area (Å²) in [5.41, 5.74) is 1.03. The van der Waals surface area contributed by atoms with E-state index in [4.69, 9.17) is 4.98 Å². The van der Waals surface area contributed by atoms with Crippen molar-refractivity contribution in [3.8, 4) is 0 Å². The molecule has 0 spiro atoms. The Kier molecular flexibility index (Phi) is 5.26. The minimum absolute atomic E-state index is 0.734. The van der Waals surface area contributed by atoms with E-state index >= 15 is 0 Å². The normalized spacial score (nSPS) is 20.1. The summed E-state index contributed by atoms with van der Waals surface area (Å²) in [6.45, 7) is 8.31. The minimum Gasteiger partial charge on any atom is -0.353 e. The van der Waals surface area contributed by atoms with Gasteiger partial charge in [-0.2, -0.15) is 11.8 Å². The van der Waals surface area contributed by atoms with Crippen LogP contribution in [0.15, 0.2) is 12.4 Å². The van der Waals surface area contributed by atoms with Crippen LogP contribution in [0.25, 0.3) is 0 Å². The second-order valence-corrected chi connectivity index (χ2v) is 5.90. The van der Waals surface area contributed by atoms with Gasteiger partial charge in [0.2, 0.25) is 0 Å². The summed E-state index contributed by atoms with van der Waals surface area (Å²) in [5, 5.41) is 4.02. The number of anilines is 1. The standard InChI is InChI=1S/C13H22N4S/c1-3-12-10-17(5-6-18-12)13-9-15-8-11(16-13)7-14-4-2/h8-9,12,14H,3-7,10H2,1-2H3. The van der Waals surface area contributed by atoms with Crippen LogP contribution in [0, 0.1) is 0 Å². The Morgan fingerprint density at radius 1 is 1.44 bits per heavy atom. The molecule has 1 atom stereocenters. The van der Waals surface area contributed by atoms with E-state index in [-0.39, 0.29) is 0 Å². The van der Waals surface area contributed by atoms with Crippen molar-refractivity contribution in [3.63, 3.8) is 0 Å². The molecule has 0 amide bonds. The zero-order chi connectivity index (χ0) is 12.8. The predicted octanol–water partition coefficient (Wildman–Crippen LogP) is 1.92. The van der Waals surface area contributed by atoms with Crippen molar-refractivity contribution >= 4 is 17.6 Å². The summed E-state index contributed by atoms with van der Waals surface area (Å²) in [7, 11) is 0. The smallest absolute Gasteiger partial charge is 0.147 e. The molecule has 1 aromatic heterocycles. The van der Waals surface area contributed by atoms with E-state index in [2.05, 4.69) is 40.8 Å². The van der Waals surface area contributed by atoms with Gasteiger partial charge in [0, 0.05) is 36.8 Å². The maximum atomic E-state index is 4.69. The van der Waals surface area contributed by atoms with Gasteiger partial charge >= 0.3 is 0 Å². The van der Waals surface area contributed by atoms with E-state index in [9.17, 15) is 0 Å². The molecule has 1 saturated heterocycles. The van der Waals surface area contributed by atoms with Gasteiger partial charge in [-0.3, -0.25) is 4.98 Å². The third-order valence-electron chi connectivity index (χ3n) is 3.15. The molecule has 1 N–H and O–H groups in total. The van der Waals surface area contributed by atoms with Crippen LogP contribution < -0.4 is 10.2 Å². The first kappa shape index (κ1) is 13.6. The number of hydrogen-bond acceptors (Lipinski definition) is 5.